The van der Waals surface area contributed by atoms with E-state index < -0.39 is 0 Å². The largest absolute Gasteiger partial charge is 0.398 e. The molecule has 0 aliphatic carbocycles. The Morgan fingerprint density at radius 1 is 1.15 bits per heavy atom. The molecule has 20 heavy (non-hydrogen) atoms. The van der Waals surface area contributed by atoms with E-state index in [1.165, 1.54) is 16.7 Å². The van der Waals surface area contributed by atoms with E-state index in [-0.39, 0.29) is 0 Å². The minimum Gasteiger partial charge on any atom is -0.398 e. The van der Waals surface area contributed by atoms with Gasteiger partial charge in [0, 0.05) is 29.3 Å². The van der Waals surface area contributed by atoms with E-state index in [4.69, 9.17) is 5.73 Å². The number of hydrogen-bond donors (Lipinski definition) is 1. The fraction of sp³-hybridized carbons (Fsp3) is 0.294. The van der Waals surface area contributed by atoms with E-state index in [9.17, 15) is 0 Å². The predicted octanol–water partition coefficient (Wildman–Crippen LogP) is 4.15. The Balaban J connectivity index is 1.81. The second-order valence-electron chi connectivity index (χ2n) is 5.43. The molecule has 104 valence electrons. The fourth-order valence-electron chi connectivity index (χ4n) is 2.94. The van der Waals surface area contributed by atoms with Crippen LogP contribution in [0.4, 0.5) is 5.69 Å². The first-order valence-electron chi connectivity index (χ1n) is 7.01. The maximum atomic E-state index is 6.07. The molecular weight excluding hydrogens is 312 g/mol. The van der Waals surface area contributed by atoms with Crippen LogP contribution >= 0.6 is 15.9 Å². The predicted molar refractivity (Wildman–Crippen MR) is 87.5 cm³/mol. The second kappa shape index (κ2) is 5.58. The van der Waals surface area contributed by atoms with Gasteiger partial charge in [-0.25, -0.2) is 0 Å². The number of fused-ring (bicyclic) bond motifs is 1. The number of benzene rings is 2. The normalized spacial score (nSPS) is 16.7. The van der Waals surface area contributed by atoms with Crippen molar-refractivity contribution in [3.8, 4) is 0 Å². The summed E-state index contributed by atoms with van der Waals surface area (Å²) in [5.41, 5.74) is 11.1. The number of nitrogens with zero attached hydrogens (tertiary/aromatic N) is 1. The van der Waals surface area contributed by atoms with Crippen molar-refractivity contribution in [3.63, 3.8) is 0 Å². The van der Waals surface area contributed by atoms with Gasteiger partial charge in [-0.05, 0) is 48.2 Å². The third kappa shape index (κ3) is 2.60. The minimum atomic E-state index is 0.428. The first-order valence-corrected chi connectivity index (χ1v) is 7.80. The topological polar surface area (TPSA) is 29.3 Å². The Labute approximate surface area is 128 Å². The Morgan fingerprint density at radius 2 is 1.90 bits per heavy atom. The number of nitrogens with two attached hydrogens (primary N) is 1. The molecule has 2 aromatic carbocycles. The highest BCUT2D eigenvalue weighted by molar-refractivity contribution is 9.10. The zero-order valence-electron chi connectivity index (χ0n) is 11.6. The molecule has 0 fully saturated rings. The SMILES string of the molecule is CC(c1ccc(Br)cc1)N1CCc2c(N)cccc2C1. The Hall–Kier alpha value is -1.32. The lowest BCUT2D eigenvalue weighted by Crippen LogP contribution is -2.33. The molecule has 0 saturated heterocycles. The van der Waals surface area contributed by atoms with Gasteiger partial charge in [0.15, 0.2) is 0 Å². The van der Waals surface area contributed by atoms with Gasteiger partial charge in [-0.1, -0.05) is 40.2 Å². The molecule has 0 saturated carbocycles. The monoisotopic (exact) mass is 330 g/mol. The molecule has 0 amide bonds. The van der Waals surface area contributed by atoms with Crippen LogP contribution in [0.15, 0.2) is 46.9 Å². The van der Waals surface area contributed by atoms with Crippen molar-refractivity contribution in [1.82, 2.24) is 4.90 Å². The van der Waals surface area contributed by atoms with Crippen LogP contribution in [0, 0.1) is 0 Å². The quantitative estimate of drug-likeness (QED) is 0.838. The van der Waals surface area contributed by atoms with Crippen molar-refractivity contribution in [2.45, 2.75) is 25.9 Å². The third-order valence-corrected chi connectivity index (χ3v) is 4.76. The van der Waals surface area contributed by atoms with Gasteiger partial charge in [0.25, 0.3) is 0 Å². The number of anilines is 1. The first kappa shape index (κ1) is 13.7. The standard InChI is InChI=1S/C17H19BrN2/c1-12(13-5-7-15(18)8-6-13)20-10-9-16-14(11-20)3-2-4-17(16)19/h2-8,12H,9-11,19H2,1H3. The summed E-state index contributed by atoms with van der Waals surface area (Å²) >= 11 is 3.49. The van der Waals surface area contributed by atoms with E-state index in [0.29, 0.717) is 6.04 Å². The first-order chi connectivity index (χ1) is 9.65. The van der Waals surface area contributed by atoms with Crippen LogP contribution in [0.5, 0.6) is 0 Å². The Bertz CT molecular complexity index is 607. The van der Waals surface area contributed by atoms with Gasteiger partial charge in [0.05, 0.1) is 0 Å². The lowest BCUT2D eigenvalue weighted by molar-refractivity contribution is 0.192. The zero-order chi connectivity index (χ0) is 14.1. The molecular formula is C17H19BrN2. The average Bonchev–Trinajstić information content (AvgIpc) is 2.47. The molecule has 2 N–H and O–H groups in total. The summed E-state index contributed by atoms with van der Waals surface area (Å²) in [5.74, 6) is 0. The summed E-state index contributed by atoms with van der Waals surface area (Å²) in [6, 6.07) is 15.3. The smallest absolute Gasteiger partial charge is 0.0350 e. The summed E-state index contributed by atoms with van der Waals surface area (Å²) in [7, 11) is 0. The van der Waals surface area contributed by atoms with E-state index in [2.05, 4.69) is 64.2 Å². The molecule has 1 aliphatic rings. The fourth-order valence-corrected chi connectivity index (χ4v) is 3.21. The Morgan fingerprint density at radius 3 is 2.65 bits per heavy atom. The minimum absolute atomic E-state index is 0.428. The van der Waals surface area contributed by atoms with Gasteiger partial charge in [-0.15, -0.1) is 0 Å². The molecule has 3 heteroatoms. The number of halogens is 1. The third-order valence-electron chi connectivity index (χ3n) is 4.23. The lowest BCUT2D eigenvalue weighted by atomic mass is 9.95. The summed E-state index contributed by atoms with van der Waals surface area (Å²) in [5, 5.41) is 0. The van der Waals surface area contributed by atoms with Gasteiger partial charge in [0.2, 0.25) is 0 Å². The molecule has 1 heterocycles. The van der Waals surface area contributed by atoms with E-state index in [0.717, 1.165) is 29.7 Å². The van der Waals surface area contributed by atoms with Gasteiger partial charge in [-0.2, -0.15) is 0 Å². The highest BCUT2D eigenvalue weighted by Crippen LogP contribution is 2.30. The van der Waals surface area contributed by atoms with Gasteiger partial charge in [-0.3, -0.25) is 4.90 Å². The maximum Gasteiger partial charge on any atom is 0.0350 e. The van der Waals surface area contributed by atoms with Crippen molar-refractivity contribution < 1.29 is 0 Å². The van der Waals surface area contributed by atoms with Crippen molar-refractivity contribution in [1.29, 1.82) is 0 Å². The van der Waals surface area contributed by atoms with Crippen LogP contribution in [-0.2, 0) is 13.0 Å². The van der Waals surface area contributed by atoms with Crippen molar-refractivity contribution in [2.75, 3.05) is 12.3 Å². The maximum absolute atomic E-state index is 6.07. The molecule has 1 atom stereocenters. The van der Waals surface area contributed by atoms with Crippen LogP contribution in [0.2, 0.25) is 0 Å². The van der Waals surface area contributed by atoms with E-state index in [1.54, 1.807) is 0 Å². The van der Waals surface area contributed by atoms with Crippen LogP contribution in [-0.4, -0.2) is 11.4 Å². The van der Waals surface area contributed by atoms with Crippen molar-refractivity contribution in [3.05, 3.63) is 63.6 Å². The highest BCUT2D eigenvalue weighted by atomic mass is 79.9. The molecule has 1 aliphatic heterocycles. The van der Waals surface area contributed by atoms with Gasteiger partial charge >= 0.3 is 0 Å². The van der Waals surface area contributed by atoms with Crippen LogP contribution in [0.3, 0.4) is 0 Å². The summed E-state index contributed by atoms with van der Waals surface area (Å²) in [6.45, 7) is 4.33. The summed E-state index contributed by atoms with van der Waals surface area (Å²) < 4.78 is 1.13. The lowest BCUT2D eigenvalue weighted by Gasteiger charge is -2.34. The van der Waals surface area contributed by atoms with Crippen LogP contribution < -0.4 is 5.73 Å². The highest BCUT2D eigenvalue weighted by Gasteiger charge is 2.22. The van der Waals surface area contributed by atoms with Gasteiger partial charge in [0.1, 0.15) is 0 Å². The molecule has 2 nitrogen and oxygen atoms in total. The molecule has 0 aromatic heterocycles. The molecule has 0 spiro atoms. The van der Waals surface area contributed by atoms with Crippen molar-refractivity contribution in [2.24, 2.45) is 0 Å². The number of nitrogen functional groups attached to an aromatic ring is 1. The average molecular weight is 331 g/mol. The van der Waals surface area contributed by atoms with E-state index >= 15 is 0 Å². The molecule has 0 bridgehead atoms. The van der Waals surface area contributed by atoms with Crippen LogP contribution in [0.25, 0.3) is 0 Å². The van der Waals surface area contributed by atoms with E-state index in [1.807, 2.05) is 6.07 Å². The molecule has 2 aromatic rings. The summed E-state index contributed by atoms with van der Waals surface area (Å²) in [4.78, 5) is 2.52. The number of rotatable bonds is 2. The zero-order valence-corrected chi connectivity index (χ0v) is 13.2. The number of hydrogen-bond acceptors (Lipinski definition) is 2. The van der Waals surface area contributed by atoms with Crippen LogP contribution in [0.1, 0.15) is 29.7 Å². The molecule has 3 rings (SSSR count). The van der Waals surface area contributed by atoms with Gasteiger partial charge < -0.3 is 5.73 Å². The second-order valence-corrected chi connectivity index (χ2v) is 6.35. The summed E-state index contributed by atoms with van der Waals surface area (Å²) in [6.07, 6.45) is 1.04. The van der Waals surface area contributed by atoms with Crippen molar-refractivity contribution >= 4 is 21.6 Å². The Kier molecular flexibility index (Phi) is 3.81. The molecule has 0 radical (unpaired) electrons. The molecule has 1 unspecified atom stereocenters.